The zero-order valence-corrected chi connectivity index (χ0v) is 20.3. The van der Waals surface area contributed by atoms with E-state index >= 15 is 0 Å². The third-order valence-electron chi connectivity index (χ3n) is 4.95. The van der Waals surface area contributed by atoms with Gasteiger partial charge in [-0.15, -0.1) is 0 Å². The lowest BCUT2D eigenvalue weighted by Crippen LogP contribution is -2.49. The summed E-state index contributed by atoms with van der Waals surface area (Å²) >= 11 is 0. The number of anilines is 1. The second-order valence-electron chi connectivity index (χ2n) is 9.38. The van der Waals surface area contributed by atoms with Gasteiger partial charge in [-0.1, -0.05) is 24.3 Å². The van der Waals surface area contributed by atoms with Crippen molar-refractivity contribution in [3.8, 4) is 11.1 Å². The van der Waals surface area contributed by atoms with Crippen LogP contribution in [0.15, 0.2) is 36.5 Å². The summed E-state index contributed by atoms with van der Waals surface area (Å²) in [7, 11) is -2.47. The van der Waals surface area contributed by atoms with Crippen LogP contribution in [0.25, 0.3) is 11.1 Å². The van der Waals surface area contributed by atoms with Gasteiger partial charge in [0, 0.05) is 18.8 Å². The van der Waals surface area contributed by atoms with Gasteiger partial charge in [0.1, 0.15) is 11.4 Å². The van der Waals surface area contributed by atoms with Gasteiger partial charge in [-0.25, -0.2) is 19.3 Å². The number of benzene rings is 1. The van der Waals surface area contributed by atoms with E-state index in [-0.39, 0.29) is 6.03 Å². The third-order valence-corrected chi connectivity index (χ3v) is 6.16. The first-order valence-corrected chi connectivity index (χ1v) is 11.8. The number of urea groups is 1. The SMILES string of the molecule is CN1Cc2c(-c3ccc(C(C)(C)NS(=O)(=O)NC(=O)OC(C)(C)C)cc3)ccnc2NC1=O. The molecule has 0 saturated carbocycles. The summed E-state index contributed by atoms with van der Waals surface area (Å²) < 4.78 is 34.3. The Labute approximate surface area is 193 Å². The fraction of sp³-hybridized carbons (Fsp3) is 0.409. The van der Waals surface area contributed by atoms with Gasteiger partial charge in [0.25, 0.3) is 0 Å². The molecule has 178 valence electrons. The van der Waals surface area contributed by atoms with Crippen LogP contribution in [0.5, 0.6) is 0 Å². The summed E-state index contributed by atoms with van der Waals surface area (Å²) in [5.74, 6) is 0.529. The summed E-state index contributed by atoms with van der Waals surface area (Å²) in [4.78, 5) is 29.6. The molecule has 0 saturated heterocycles. The average Bonchev–Trinajstić information content (AvgIpc) is 2.65. The van der Waals surface area contributed by atoms with Crippen molar-refractivity contribution in [2.75, 3.05) is 12.4 Å². The topological polar surface area (TPSA) is 130 Å². The molecule has 2 heterocycles. The Bertz CT molecular complexity index is 1170. The minimum atomic E-state index is -4.17. The number of hydrogen-bond donors (Lipinski definition) is 3. The fourth-order valence-corrected chi connectivity index (χ4v) is 4.53. The van der Waals surface area contributed by atoms with Gasteiger partial charge in [0.2, 0.25) is 0 Å². The fourth-order valence-electron chi connectivity index (χ4n) is 3.43. The molecule has 3 rings (SSSR count). The summed E-state index contributed by atoms with van der Waals surface area (Å²) in [5.41, 5.74) is 1.56. The predicted molar refractivity (Wildman–Crippen MR) is 125 cm³/mol. The second kappa shape index (κ2) is 8.64. The van der Waals surface area contributed by atoms with E-state index in [1.54, 1.807) is 52.8 Å². The first-order valence-electron chi connectivity index (χ1n) is 10.3. The van der Waals surface area contributed by atoms with Gasteiger partial charge in [-0.3, -0.25) is 5.32 Å². The van der Waals surface area contributed by atoms with Crippen LogP contribution in [0.2, 0.25) is 0 Å². The van der Waals surface area contributed by atoms with Crippen LogP contribution in [0.4, 0.5) is 15.4 Å². The highest BCUT2D eigenvalue weighted by Gasteiger charge is 2.30. The van der Waals surface area contributed by atoms with Gasteiger partial charge in [0.15, 0.2) is 0 Å². The van der Waals surface area contributed by atoms with Gasteiger partial charge < -0.3 is 9.64 Å². The largest absolute Gasteiger partial charge is 0.443 e. The van der Waals surface area contributed by atoms with Crippen molar-refractivity contribution in [3.05, 3.63) is 47.7 Å². The van der Waals surface area contributed by atoms with E-state index in [0.29, 0.717) is 17.9 Å². The molecule has 0 aliphatic carbocycles. The van der Waals surface area contributed by atoms with Crippen molar-refractivity contribution < 1.29 is 22.7 Å². The molecule has 0 unspecified atom stereocenters. The van der Waals surface area contributed by atoms with Crippen LogP contribution in [-0.4, -0.2) is 43.1 Å². The van der Waals surface area contributed by atoms with Gasteiger partial charge in [-0.05, 0) is 57.4 Å². The maximum absolute atomic E-state index is 12.5. The van der Waals surface area contributed by atoms with E-state index in [2.05, 4.69) is 15.0 Å². The van der Waals surface area contributed by atoms with E-state index in [1.165, 1.54) is 0 Å². The number of nitrogens with one attached hydrogen (secondary N) is 3. The molecule has 0 atom stereocenters. The summed E-state index contributed by atoms with van der Waals surface area (Å²) in [6, 6.07) is 9.03. The lowest BCUT2D eigenvalue weighted by molar-refractivity contribution is 0.0569. The molecule has 0 fully saturated rings. The maximum atomic E-state index is 12.5. The minimum Gasteiger partial charge on any atom is -0.443 e. The van der Waals surface area contributed by atoms with E-state index in [1.807, 2.05) is 35.1 Å². The number of rotatable bonds is 5. The standard InChI is InChI=1S/C22H29N5O5S/c1-21(2,3)32-20(29)25-33(30,31)26-22(4,5)15-9-7-14(8-10-15)16-11-12-23-18-17(16)13-27(6)19(28)24-18/h7-12,26H,13H2,1-6H3,(H,25,29)(H,23,24,28). The van der Waals surface area contributed by atoms with Gasteiger partial charge in [-0.2, -0.15) is 13.1 Å². The average molecular weight is 476 g/mol. The van der Waals surface area contributed by atoms with Crippen molar-refractivity contribution >= 4 is 28.2 Å². The number of hydrogen-bond acceptors (Lipinski definition) is 6. The Morgan fingerprint density at radius 3 is 2.36 bits per heavy atom. The van der Waals surface area contributed by atoms with E-state index in [9.17, 15) is 18.0 Å². The van der Waals surface area contributed by atoms with E-state index in [4.69, 9.17) is 4.74 Å². The van der Waals surface area contributed by atoms with Gasteiger partial charge in [0.05, 0.1) is 12.1 Å². The summed E-state index contributed by atoms with van der Waals surface area (Å²) in [6.07, 6.45) is 0.578. The highest BCUT2D eigenvalue weighted by molar-refractivity contribution is 7.88. The molecule has 3 amide bonds. The van der Waals surface area contributed by atoms with Crippen molar-refractivity contribution in [2.45, 2.75) is 52.3 Å². The Morgan fingerprint density at radius 1 is 1.12 bits per heavy atom. The number of pyridine rings is 1. The Morgan fingerprint density at radius 2 is 1.76 bits per heavy atom. The number of aromatic nitrogens is 1. The van der Waals surface area contributed by atoms with Crippen LogP contribution < -0.4 is 14.8 Å². The lowest BCUT2D eigenvalue weighted by atomic mass is 9.92. The summed E-state index contributed by atoms with van der Waals surface area (Å²) in [6.45, 7) is 8.73. The van der Waals surface area contributed by atoms with Crippen LogP contribution in [0, 0.1) is 0 Å². The second-order valence-corrected chi connectivity index (χ2v) is 10.8. The molecule has 10 nitrogen and oxygen atoms in total. The number of ether oxygens (including phenoxy) is 1. The Kier molecular flexibility index (Phi) is 6.40. The van der Waals surface area contributed by atoms with Crippen molar-refractivity contribution in [1.82, 2.24) is 19.3 Å². The zero-order valence-electron chi connectivity index (χ0n) is 19.5. The van der Waals surface area contributed by atoms with Crippen molar-refractivity contribution in [2.24, 2.45) is 0 Å². The maximum Gasteiger partial charge on any atom is 0.422 e. The number of nitrogens with zero attached hydrogens (tertiary/aromatic N) is 2. The Hall–Kier alpha value is -3.18. The molecule has 1 aromatic heterocycles. The van der Waals surface area contributed by atoms with Crippen LogP contribution in [0.1, 0.15) is 45.7 Å². The minimum absolute atomic E-state index is 0.212. The van der Waals surface area contributed by atoms with E-state index in [0.717, 1.165) is 16.7 Å². The molecule has 1 aliphatic rings. The third kappa shape index (κ3) is 5.99. The molecule has 0 radical (unpaired) electrons. The van der Waals surface area contributed by atoms with Crippen LogP contribution in [0.3, 0.4) is 0 Å². The number of amides is 3. The zero-order chi connectivity index (χ0) is 24.6. The first-order chi connectivity index (χ1) is 15.2. The highest BCUT2D eigenvalue weighted by Crippen LogP contribution is 2.32. The smallest absolute Gasteiger partial charge is 0.422 e. The number of fused-ring (bicyclic) bond motifs is 1. The molecular formula is C22H29N5O5S. The molecule has 0 spiro atoms. The van der Waals surface area contributed by atoms with E-state index < -0.39 is 27.4 Å². The summed E-state index contributed by atoms with van der Waals surface area (Å²) in [5, 5.41) is 2.77. The number of carbonyl (C=O) groups is 2. The molecule has 11 heteroatoms. The predicted octanol–water partition coefficient (Wildman–Crippen LogP) is 3.32. The highest BCUT2D eigenvalue weighted by atomic mass is 32.2. The van der Waals surface area contributed by atoms with Crippen LogP contribution in [-0.2, 0) is 27.0 Å². The quantitative estimate of drug-likeness (QED) is 0.608. The normalized spacial score (nSPS) is 14.4. The molecule has 1 aromatic carbocycles. The van der Waals surface area contributed by atoms with Crippen molar-refractivity contribution in [3.63, 3.8) is 0 Å². The van der Waals surface area contributed by atoms with Gasteiger partial charge >= 0.3 is 22.3 Å². The van der Waals surface area contributed by atoms with Crippen molar-refractivity contribution in [1.29, 1.82) is 0 Å². The Balaban J connectivity index is 1.79. The number of carbonyl (C=O) groups excluding carboxylic acids is 2. The molecule has 0 bridgehead atoms. The lowest BCUT2D eigenvalue weighted by Gasteiger charge is -2.28. The molecule has 3 N–H and O–H groups in total. The molecule has 1 aliphatic heterocycles. The first kappa shape index (κ1) is 24.5. The molecule has 33 heavy (non-hydrogen) atoms. The monoisotopic (exact) mass is 475 g/mol. The van der Waals surface area contributed by atoms with Crippen LogP contribution >= 0.6 is 0 Å². The molecule has 2 aromatic rings. The molecular weight excluding hydrogens is 446 g/mol.